The third-order valence-electron chi connectivity index (χ3n) is 5.00. The number of amides is 1. The Hall–Kier alpha value is -0.610. The SMILES string of the molecule is CCOC1CC(N(C)C(=O)C2CCNCC2)C1(C)C. The van der Waals surface area contributed by atoms with Gasteiger partial charge < -0.3 is 15.0 Å². The summed E-state index contributed by atoms with van der Waals surface area (Å²) in [5.41, 5.74) is 0.0767. The first-order valence-electron chi connectivity index (χ1n) is 7.57. The smallest absolute Gasteiger partial charge is 0.225 e. The molecule has 2 rings (SSSR count). The van der Waals surface area contributed by atoms with Crippen LogP contribution in [0.25, 0.3) is 0 Å². The van der Waals surface area contributed by atoms with Gasteiger partial charge in [0, 0.05) is 31.0 Å². The maximum atomic E-state index is 12.5. The van der Waals surface area contributed by atoms with Crippen molar-refractivity contribution >= 4 is 5.91 Å². The van der Waals surface area contributed by atoms with Gasteiger partial charge in [0.25, 0.3) is 0 Å². The van der Waals surface area contributed by atoms with Crippen LogP contribution in [0, 0.1) is 11.3 Å². The van der Waals surface area contributed by atoms with Crippen LogP contribution in [0.3, 0.4) is 0 Å². The largest absolute Gasteiger partial charge is 0.378 e. The molecular formula is C15H28N2O2. The minimum atomic E-state index is 0.0767. The van der Waals surface area contributed by atoms with Crippen molar-refractivity contribution in [3.63, 3.8) is 0 Å². The Kier molecular flexibility index (Phi) is 4.51. The average Bonchev–Trinajstić information content (AvgIpc) is 2.42. The number of hydrogen-bond donors (Lipinski definition) is 1. The second-order valence-electron chi connectivity index (χ2n) is 6.49. The molecule has 2 unspecified atom stereocenters. The minimum absolute atomic E-state index is 0.0767. The number of nitrogens with zero attached hydrogens (tertiary/aromatic N) is 1. The van der Waals surface area contributed by atoms with Gasteiger partial charge in [0.1, 0.15) is 0 Å². The van der Waals surface area contributed by atoms with E-state index in [-0.39, 0.29) is 11.3 Å². The maximum absolute atomic E-state index is 12.5. The Labute approximate surface area is 116 Å². The molecule has 4 heteroatoms. The number of carbonyl (C=O) groups is 1. The molecule has 0 aromatic rings. The third kappa shape index (κ3) is 2.79. The molecule has 110 valence electrons. The molecule has 2 atom stereocenters. The molecule has 0 aromatic heterocycles. The molecule has 0 aromatic carbocycles. The van der Waals surface area contributed by atoms with E-state index >= 15 is 0 Å². The lowest BCUT2D eigenvalue weighted by Crippen LogP contribution is -2.63. The summed E-state index contributed by atoms with van der Waals surface area (Å²) < 4.78 is 5.75. The standard InChI is InChI=1S/C15H28N2O2/c1-5-19-13-10-12(15(13,2)3)17(4)14(18)11-6-8-16-9-7-11/h11-13,16H,5-10H2,1-4H3. The summed E-state index contributed by atoms with van der Waals surface area (Å²) in [7, 11) is 1.97. The minimum Gasteiger partial charge on any atom is -0.378 e. The number of carbonyl (C=O) groups excluding carboxylic acids is 1. The zero-order chi connectivity index (χ0) is 14.0. The van der Waals surface area contributed by atoms with Gasteiger partial charge in [-0.1, -0.05) is 13.8 Å². The van der Waals surface area contributed by atoms with Crippen molar-refractivity contribution in [3.05, 3.63) is 0 Å². The second kappa shape index (κ2) is 5.80. The highest BCUT2D eigenvalue weighted by Crippen LogP contribution is 2.45. The van der Waals surface area contributed by atoms with Crippen molar-refractivity contribution in [3.8, 4) is 0 Å². The van der Waals surface area contributed by atoms with Gasteiger partial charge in [-0.05, 0) is 39.3 Å². The lowest BCUT2D eigenvalue weighted by molar-refractivity contribution is -0.166. The van der Waals surface area contributed by atoms with Crippen molar-refractivity contribution in [1.82, 2.24) is 10.2 Å². The molecule has 19 heavy (non-hydrogen) atoms. The molecule has 1 aliphatic heterocycles. The molecule has 0 spiro atoms. The zero-order valence-corrected chi connectivity index (χ0v) is 12.7. The molecule has 1 aliphatic carbocycles. The molecule has 1 amide bonds. The molecule has 1 heterocycles. The number of piperidine rings is 1. The third-order valence-corrected chi connectivity index (χ3v) is 5.00. The van der Waals surface area contributed by atoms with Crippen molar-refractivity contribution < 1.29 is 9.53 Å². The monoisotopic (exact) mass is 268 g/mol. The molecule has 1 saturated heterocycles. The summed E-state index contributed by atoms with van der Waals surface area (Å²) in [5.74, 6) is 0.544. The maximum Gasteiger partial charge on any atom is 0.225 e. The second-order valence-corrected chi connectivity index (χ2v) is 6.49. The van der Waals surface area contributed by atoms with Crippen LogP contribution >= 0.6 is 0 Å². The fourth-order valence-corrected chi connectivity index (χ4v) is 3.52. The van der Waals surface area contributed by atoms with Crippen LogP contribution in [0.2, 0.25) is 0 Å². The number of ether oxygens (including phenoxy) is 1. The summed E-state index contributed by atoms with van der Waals surface area (Å²) in [5, 5.41) is 3.32. The first-order valence-corrected chi connectivity index (χ1v) is 7.57. The van der Waals surface area contributed by atoms with E-state index in [0.29, 0.717) is 18.1 Å². The van der Waals surface area contributed by atoms with Crippen LogP contribution in [0.15, 0.2) is 0 Å². The molecule has 1 saturated carbocycles. The highest BCUT2D eigenvalue weighted by molar-refractivity contribution is 5.79. The molecule has 2 aliphatic rings. The van der Waals surface area contributed by atoms with Gasteiger partial charge in [-0.3, -0.25) is 4.79 Å². The Bertz CT molecular complexity index is 324. The normalized spacial score (nSPS) is 30.7. The van der Waals surface area contributed by atoms with Crippen molar-refractivity contribution in [1.29, 1.82) is 0 Å². The van der Waals surface area contributed by atoms with Gasteiger partial charge in [0.15, 0.2) is 0 Å². The van der Waals surface area contributed by atoms with Crippen molar-refractivity contribution in [2.75, 3.05) is 26.7 Å². The predicted octanol–water partition coefficient (Wildman–Crippen LogP) is 1.65. The summed E-state index contributed by atoms with van der Waals surface area (Å²) in [4.78, 5) is 14.5. The van der Waals surface area contributed by atoms with Gasteiger partial charge in [0.05, 0.1) is 6.10 Å². The molecule has 0 radical (unpaired) electrons. The van der Waals surface area contributed by atoms with Gasteiger partial charge in [-0.15, -0.1) is 0 Å². The van der Waals surface area contributed by atoms with E-state index in [0.717, 1.165) is 39.0 Å². The fraction of sp³-hybridized carbons (Fsp3) is 0.933. The summed E-state index contributed by atoms with van der Waals surface area (Å²) >= 11 is 0. The number of rotatable bonds is 4. The quantitative estimate of drug-likeness (QED) is 0.843. The zero-order valence-electron chi connectivity index (χ0n) is 12.7. The first-order chi connectivity index (χ1) is 8.98. The van der Waals surface area contributed by atoms with Crippen LogP contribution in [-0.2, 0) is 9.53 Å². The van der Waals surface area contributed by atoms with Gasteiger partial charge >= 0.3 is 0 Å². The van der Waals surface area contributed by atoms with E-state index < -0.39 is 0 Å². The van der Waals surface area contributed by atoms with Gasteiger partial charge in [0.2, 0.25) is 5.91 Å². The summed E-state index contributed by atoms with van der Waals surface area (Å²) in [6.45, 7) is 9.17. The Morgan fingerprint density at radius 1 is 1.37 bits per heavy atom. The predicted molar refractivity (Wildman–Crippen MR) is 76.0 cm³/mol. The Morgan fingerprint density at radius 2 is 2.00 bits per heavy atom. The molecule has 0 bridgehead atoms. The van der Waals surface area contributed by atoms with E-state index in [4.69, 9.17) is 4.74 Å². The van der Waals surface area contributed by atoms with Gasteiger partial charge in [-0.25, -0.2) is 0 Å². The van der Waals surface area contributed by atoms with Crippen molar-refractivity contribution in [2.45, 2.75) is 52.2 Å². The topological polar surface area (TPSA) is 41.6 Å². The first kappa shape index (κ1) is 14.8. The van der Waals surface area contributed by atoms with E-state index in [1.807, 2.05) is 18.9 Å². The molecular weight excluding hydrogens is 240 g/mol. The summed E-state index contributed by atoms with van der Waals surface area (Å²) in [6, 6.07) is 0.325. The van der Waals surface area contributed by atoms with E-state index in [2.05, 4.69) is 19.2 Å². The van der Waals surface area contributed by atoms with E-state index in [9.17, 15) is 4.79 Å². The lowest BCUT2D eigenvalue weighted by atomic mass is 9.63. The summed E-state index contributed by atoms with van der Waals surface area (Å²) in [6.07, 6.45) is 3.23. The van der Waals surface area contributed by atoms with Crippen LogP contribution < -0.4 is 5.32 Å². The van der Waals surface area contributed by atoms with Gasteiger partial charge in [-0.2, -0.15) is 0 Å². The van der Waals surface area contributed by atoms with E-state index in [1.54, 1.807) is 0 Å². The van der Waals surface area contributed by atoms with Crippen LogP contribution in [0.5, 0.6) is 0 Å². The van der Waals surface area contributed by atoms with E-state index in [1.165, 1.54) is 0 Å². The fourth-order valence-electron chi connectivity index (χ4n) is 3.52. The van der Waals surface area contributed by atoms with Crippen LogP contribution in [0.1, 0.15) is 40.0 Å². The molecule has 4 nitrogen and oxygen atoms in total. The van der Waals surface area contributed by atoms with Crippen LogP contribution in [0.4, 0.5) is 0 Å². The lowest BCUT2D eigenvalue weighted by Gasteiger charge is -2.55. The average molecular weight is 268 g/mol. The highest BCUT2D eigenvalue weighted by Gasteiger charge is 2.52. The van der Waals surface area contributed by atoms with Crippen LogP contribution in [-0.4, -0.2) is 49.7 Å². The number of hydrogen-bond acceptors (Lipinski definition) is 3. The van der Waals surface area contributed by atoms with Crippen molar-refractivity contribution in [2.24, 2.45) is 11.3 Å². The Morgan fingerprint density at radius 3 is 2.53 bits per heavy atom. The Balaban J connectivity index is 1.93. The molecule has 1 N–H and O–H groups in total. The number of nitrogens with one attached hydrogen (secondary N) is 1. The molecule has 2 fully saturated rings. The highest BCUT2D eigenvalue weighted by atomic mass is 16.5.